The van der Waals surface area contributed by atoms with E-state index in [1.54, 1.807) is 12.1 Å². The van der Waals surface area contributed by atoms with Crippen molar-refractivity contribution in [1.29, 1.82) is 0 Å². The van der Waals surface area contributed by atoms with Gasteiger partial charge in [0, 0.05) is 12.6 Å². The summed E-state index contributed by atoms with van der Waals surface area (Å²) < 4.78 is 6.47. The molecule has 0 aliphatic carbocycles. The molecule has 5 nitrogen and oxygen atoms in total. The standard InChI is InChI=1S/C15H16ClN3O2S/c1-10-4-7-14(18-17-10)21-11-3-2-8-19(9-11)15(20)12-5-6-13(16)22-12/h4-7,11H,2-3,8-9H2,1H3. The van der Waals surface area contributed by atoms with Crippen molar-refractivity contribution in [2.75, 3.05) is 13.1 Å². The fraction of sp³-hybridized carbons (Fsp3) is 0.400. The van der Waals surface area contributed by atoms with E-state index in [9.17, 15) is 4.79 Å². The Morgan fingerprint density at radius 3 is 2.91 bits per heavy atom. The Morgan fingerprint density at radius 2 is 2.23 bits per heavy atom. The third-order valence-corrected chi connectivity index (χ3v) is 4.73. The second kappa shape index (κ2) is 6.62. The van der Waals surface area contributed by atoms with Crippen molar-refractivity contribution in [2.45, 2.75) is 25.9 Å². The number of aromatic nitrogens is 2. The lowest BCUT2D eigenvalue weighted by molar-refractivity contribution is 0.0530. The molecule has 116 valence electrons. The number of carbonyl (C=O) groups excluding carboxylic acids is 1. The van der Waals surface area contributed by atoms with E-state index in [1.807, 2.05) is 24.0 Å². The first-order valence-electron chi connectivity index (χ1n) is 7.13. The maximum absolute atomic E-state index is 12.4. The number of nitrogens with zero attached hydrogens (tertiary/aromatic N) is 3. The number of hydrogen-bond acceptors (Lipinski definition) is 5. The van der Waals surface area contributed by atoms with E-state index in [1.165, 1.54) is 11.3 Å². The van der Waals surface area contributed by atoms with E-state index in [4.69, 9.17) is 16.3 Å². The monoisotopic (exact) mass is 337 g/mol. The molecule has 0 spiro atoms. The molecule has 1 aliphatic heterocycles. The Bertz CT molecular complexity index is 659. The van der Waals surface area contributed by atoms with Crippen LogP contribution in [0.3, 0.4) is 0 Å². The van der Waals surface area contributed by atoms with Gasteiger partial charge in [-0.15, -0.1) is 16.4 Å². The number of hydrogen-bond donors (Lipinski definition) is 0. The first-order chi connectivity index (χ1) is 10.6. The van der Waals surface area contributed by atoms with Crippen LogP contribution in [0, 0.1) is 6.92 Å². The summed E-state index contributed by atoms with van der Waals surface area (Å²) in [4.78, 5) is 14.9. The van der Waals surface area contributed by atoms with E-state index in [-0.39, 0.29) is 12.0 Å². The van der Waals surface area contributed by atoms with Gasteiger partial charge in [-0.05, 0) is 38.0 Å². The lowest BCUT2D eigenvalue weighted by Crippen LogP contribution is -2.44. The van der Waals surface area contributed by atoms with Crippen molar-refractivity contribution in [2.24, 2.45) is 0 Å². The van der Waals surface area contributed by atoms with Crippen molar-refractivity contribution < 1.29 is 9.53 Å². The van der Waals surface area contributed by atoms with E-state index < -0.39 is 0 Å². The smallest absolute Gasteiger partial charge is 0.264 e. The number of likely N-dealkylation sites (tertiary alicyclic amines) is 1. The third-order valence-electron chi connectivity index (χ3n) is 3.51. The van der Waals surface area contributed by atoms with Crippen LogP contribution >= 0.6 is 22.9 Å². The highest BCUT2D eigenvalue weighted by Crippen LogP contribution is 2.24. The molecule has 3 heterocycles. The van der Waals surface area contributed by atoms with Gasteiger partial charge in [-0.3, -0.25) is 4.79 Å². The van der Waals surface area contributed by atoms with Gasteiger partial charge < -0.3 is 9.64 Å². The lowest BCUT2D eigenvalue weighted by Gasteiger charge is -2.32. The molecule has 1 aliphatic rings. The average Bonchev–Trinajstić information content (AvgIpc) is 2.96. The van der Waals surface area contributed by atoms with Crippen LogP contribution in [-0.4, -0.2) is 40.2 Å². The lowest BCUT2D eigenvalue weighted by atomic mass is 10.1. The van der Waals surface area contributed by atoms with Gasteiger partial charge in [0.2, 0.25) is 5.88 Å². The van der Waals surface area contributed by atoms with Crippen molar-refractivity contribution >= 4 is 28.8 Å². The van der Waals surface area contributed by atoms with Gasteiger partial charge in [0.15, 0.2) is 0 Å². The molecule has 1 unspecified atom stereocenters. The molecule has 0 saturated carbocycles. The van der Waals surface area contributed by atoms with Gasteiger partial charge in [-0.25, -0.2) is 0 Å². The minimum absolute atomic E-state index is 0.0141. The summed E-state index contributed by atoms with van der Waals surface area (Å²) in [6.07, 6.45) is 1.77. The largest absolute Gasteiger partial charge is 0.471 e. The van der Waals surface area contributed by atoms with E-state index >= 15 is 0 Å². The molecule has 0 aromatic carbocycles. The highest BCUT2D eigenvalue weighted by Gasteiger charge is 2.26. The zero-order valence-corrected chi connectivity index (χ0v) is 13.7. The van der Waals surface area contributed by atoms with Crippen LogP contribution in [0.4, 0.5) is 0 Å². The van der Waals surface area contributed by atoms with E-state index in [2.05, 4.69) is 10.2 Å². The number of piperidine rings is 1. The first kappa shape index (κ1) is 15.2. The normalized spacial score (nSPS) is 18.3. The van der Waals surface area contributed by atoms with Crippen molar-refractivity contribution in [1.82, 2.24) is 15.1 Å². The second-order valence-corrected chi connectivity index (χ2v) is 6.97. The fourth-order valence-electron chi connectivity index (χ4n) is 2.42. The maximum Gasteiger partial charge on any atom is 0.264 e. The number of halogens is 1. The molecule has 3 rings (SSSR count). The molecule has 0 radical (unpaired) electrons. The van der Waals surface area contributed by atoms with Crippen LogP contribution in [0.5, 0.6) is 5.88 Å². The molecule has 1 atom stereocenters. The zero-order valence-electron chi connectivity index (χ0n) is 12.2. The zero-order chi connectivity index (χ0) is 15.5. The molecular formula is C15H16ClN3O2S. The van der Waals surface area contributed by atoms with E-state index in [0.717, 1.165) is 25.1 Å². The SMILES string of the molecule is Cc1ccc(OC2CCCN(C(=O)c3ccc(Cl)s3)C2)nn1. The molecule has 1 fully saturated rings. The highest BCUT2D eigenvalue weighted by molar-refractivity contribution is 7.17. The van der Waals surface area contributed by atoms with Gasteiger partial charge >= 0.3 is 0 Å². The number of carbonyl (C=O) groups is 1. The van der Waals surface area contributed by atoms with Gasteiger partial charge in [-0.2, -0.15) is 5.10 Å². The maximum atomic E-state index is 12.4. The van der Waals surface area contributed by atoms with Gasteiger partial charge in [0.1, 0.15) is 6.10 Å². The third kappa shape index (κ3) is 3.56. The molecule has 7 heteroatoms. The van der Waals surface area contributed by atoms with E-state index in [0.29, 0.717) is 21.6 Å². The van der Waals surface area contributed by atoms with Crippen LogP contribution in [0.25, 0.3) is 0 Å². The molecular weight excluding hydrogens is 322 g/mol. The van der Waals surface area contributed by atoms with Gasteiger partial charge in [0.05, 0.1) is 21.5 Å². The summed E-state index contributed by atoms with van der Waals surface area (Å²) in [5.74, 6) is 0.518. The van der Waals surface area contributed by atoms with Gasteiger partial charge in [-0.1, -0.05) is 11.6 Å². The van der Waals surface area contributed by atoms with Crippen LogP contribution < -0.4 is 4.74 Å². The van der Waals surface area contributed by atoms with Crippen molar-refractivity contribution in [3.63, 3.8) is 0 Å². The average molecular weight is 338 g/mol. The summed E-state index contributed by atoms with van der Waals surface area (Å²) in [5.41, 5.74) is 0.849. The summed E-state index contributed by atoms with van der Waals surface area (Å²) in [6, 6.07) is 7.19. The minimum atomic E-state index is -0.0508. The van der Waals surface area contributed by atoms with Crippen LogP contribution in [0.2, 0.25) is 4.34 Å². The Morgan fingerprint density at radius 1 is 1.36 bits per heavy atom. The van der Waals surface area contributed by atoms with Crippen LogP contribution in [-0.2, 0) is 0 Å². The number of rotatable bonds is 3. The molecule has 22 heavy (non-hydrogen) atoms. The molecule has 2 aromatic heterocycles. The predicted octanol–water partition coefficient (Wildman–Crippen LogP) is 3.18. The number of thiophene rings is 1. The second-order valence-electron chi connectivity index (χ2n) is 5.25. The summed E-state index contributed by atoms with van der Waals surface area (Å²) in [7, 11) is 0. The topological polar surface area (TPSA) is 55.3 Å². The molecule has 1 saturated heterocycles. The Balaban J connectivity index is 1.63. The van der Waals surface area contributed by atoms with Crippen LogP contribution in [0.1, 0.15) is 28.2 Å². The molecule has 0 N–H and O–H groups in total. The molecule has 2 aromatic rings. The molecule has 1 amide bonds. The van der Waals surface area contributed by atoms with Crippen molar-refractivity contribution in [3.8, 4) is 5.88 Å². The predicted molar refractivity (Wildman–Crippen MR) is 85.7 cm³/mol. The quantitative estimate of drug-likeness (QED) is 0.863. The Hall–Kier alpha value is -1.66. The van der Waals surface area contributed by atoms with Crippen LogP contribution in [0.15, 0.2) is 24.3 Å². The number of aryl methyl sites for hydroxylation is 1. The van der Waals surface area contributed by atoms with Crippen molar-refractivity contribution in [3.05, 3.63) is 39.2 Å². The number of amides is 1. The summed E-state index contributed by atoms with van der Waals surface area (Å²) >= 11 is 7.21. The highest BCUT2D eigenvalue weighted by atomic mass is 35.5. The molecule has 0 bridgehead atoms. The number of ether oxygens (including phenoxy) is 1. The summed E-state index contributed by atoms with van der Waals surface area (Å²) in [5, 5.41) is 7.99. The first-order valence-corrected chi connectivity index (χ1v) is 8.33. The summed E-state index contributed by atoms with van der Waals surface area (Å²) in [6.45, 7) is 3.18. The Kier molecular flexibility index (Phi) is 4.59. The minimum Gasteiger partial charge on any atom is -0.471 e. The fourth-order valence-corrected chi connectivity index (χ4v) is 3.44. The van der Waals surface area contributed by atoms with Gasteiger partial charge in [0.25, 0.3) is 5.91 Å². The Labute approximate surface area is 137 Å².